The van der Waals surface area contributed by atoms with E-state index in [0.717, 1.165) is 22.4 Å². The van der Waals surface area contributed by atoms with Crippen molar-refractivity contribution in [2.24, 2.45) is 7.05 Å². The van der Waals surface area contributed by atoms with Gasteiger partial charge in [0.25, 0.3) is 0 Å². The van der Waals surface area contributed by atoms with Crippen LogP contribution in [0.25, 0.3) is 0 Å². The molecule has 2 aromatic rings. The first-order valence-corrected chi connectivity index (χ1v) is 7.03. The highest BCUT2D eigenvalue weighted by molar-refractivity contribution is 9.10. The largest absolute Gasteiger partial charge is 0.325 e. The Morgan fingerprint density at radius 3 is 2.75 bits per heavy atom. The molecule has 2 N–H and O–H groups in total. The molecule has 0 atom stereocenters. The van der Waals surface area contributed by atoms with Gasteiger partial charge in [-0.15, -0.1) is 10.2 Å². The van der Waals surface area contributed by atoms with Gasteiger partial charge in [0.15, 0.2) is 0 Å². The minimum atomic E-state index is -0.0645. The van der Waals surface area contributed by atoms with E-state index in [4.69, 9.17) is 0 Å². The lowest BCUT2D eigenvalue weighted by Gasteiger charge is -2.06. The maximum Gasteiger partial charge on any atom is 0.238 e. The molecule has 0 aliphatic heterocycles. The van der Waals surface area contributed by atoms with Gasteiger partial charge in [-0.05, 0) is 24.3 Å². The second-order valence-corrected chi connectivity index (χ2v) is 5.26. The molecule has 1 heterocycles. The number of amides is 1. The first-order chi connectivity index (χ1) is 9.65. The number of hydrogen-bond donors (Lipinski definition) is 2. The molecule has 0 saturated carbocycles. The van der Waals surface area contributed by atoms with Crippen molar-refractivity contribution in [3.63, 3.8) is 0 Å². The number of hydrogen-bond acceptors (Lipinski definition) is 4. The lowest BCUT2D eigenvalue weighted by atomic mass is 10.3. The van der Waals surface area contributed by atoms with Crippen LogP contribution in [0.15, 0.2) is 35.1 Å². The SMILES string of the molecule is Cn1cnnc1CCNCC(=O)Nc1ccc(Br)cc1. The summed E-state index contributed by atoms with van der Waals surface area (Å²) >= 11 is 3.35. The van der Waals surface area contributed by atoms with Crippen LogP contribution in [0.2, 0.25) is 0 Å². The normalized spacial score (nSPS) is 10.5. The van der Waals surface area contributed by atoms with Gasteiger partial charge in [0.1, 0.15) is 12.2 Å². The average Bonchev–Trinajstić information content (AvgIpc) is 2.83. The Bertz CT molecular complexity index is 566. The van der Waals surface area contributed by atoms with Gasteiger partial charge in [0.2, 0.25) is 5.91 Å². The molecule has 20 heavy (non-hydrogen) atoms. The summed E-state index contributed by atoms with van der Waals surface area (Å²) < 4.78 is 2.85. The van der Waals surface area contributed by atoms with Crippen molar-refractivity contribution in [1.82, 2.24) is 20.1 Å². The van der Waals surface area contributed by atoms with E-state index in [-0.39, 0.29) is 12.5 Å². The van der Waals surface area contributed by atoms with Crippen LogP contribution < -0.4 is 10.6 Å². The summed E-state index contributed by atoms with van der Waals surface area (Å²) in [7, 11) is 1.90. The third kappa shape index (κ3) is 4.43. The van der Waals surface area contributed by atoms with Crippen LogP contribution in [0.3, 0.4) is 0 Å². The Balaban J connectivity index is 1.68. The fraction of sp³-hybridized carbons (Fsp3) is 0.308. The van der Waals surface area contributed by atoms with Crippen molar-refractivity contribution in [2.75, 3.05) is 18.4 Å². The van der Waals surface area contributed by atoms with Gasteiger partial charge in [-0.3, -0.25) is 4.79 Å². The van der Waals surface area contributed by atoms with Crippen LogP contribution in [0.1, 0.15) is 5.82 Å². The Morgan fingerprint density at radius 1 is 1.35 bits per heavy atom. The summed E-state index contributed by atoms with van der Waals surface area (Å²) in [6.07, 6.45) is 2.40. The Morgan fingerprint density at radius 2 is 2.10 bits per heavy atom. The fourth-order valence-electron chi connectivity index (χ4n) is 1.67. The molecule has 1 aromatic heterocycles. The number of benzene rings is 1. The van der Waals surface area contributed by atoms with Crippen molar-refractivity contribution in [3.8, 4) is 0 Å². The Kier molecular flexibility index (Phi) is 5.25. The van der Waals surface area contributed by atoms with Crippen LogP contribution in [-0.2, 0) is 18.3 Å². The maximum absolute atomic E-state index is 11.7. The highest BCUT2D eigenvalue weighted by Crippen LogP contribution is 2.13. The highest BCUT2D eigenvalue weighted by atomic mass is 79.9. The third-order valence-corrected chi connectivity index (χ3v) is 3.27. The molecular weight excluding hydrogens is 322 g/mol. The number of nitrogens with one attached hydrogen (secondary N) is 2. The van der Waals surface area contributed by atoms with Crippen molar-refractivity contribution in [1.29, 1.82) is 0 Å². The van der Waals surface area contributed by atoms with Crippen LogP contribution >= 0.6 is 15.9 Å². The molecule has 0 fully saturated rings. The van der Waals surface area contributed by atoms with Gasteiger partial charge in [-0.1, -0.05) is 15.9 Å². The van der Waals surface area contributed by atoms with E-state index in [1.165, 1.54) is 0 Å². The molecule has 106 valence electrons. The first kappa shape index (κ1) is 14.7. The van der Waals surface area contributed by atoms with Gasteiger partial charge in [-0.2, -0.15) is 0 Å². The maximum atomic E-state index is 11.7. The van der Waals surface area contributed by atoms with E-state index in [0.29, 0.717) is 6.54 Å². The molecule has 0 radical (unpaired) electrons. The molecule has 0 saturated heterocycles. The molecule has 6 nitrogen and oxygen atoms in total. The quantitative estimate of drug-likeness (QED) is 0.780. The Hall–Kier alpha value is -1.73. The average molecular weight is 338 g/mol. The van der Waals surface area contributed by atoms with E-state index in [2.05, 4.69) is 36.8 Å². The molecular formula is C13H16BrN5O. The summed E-state index contributed by atoms with van der Waals surface area (Å²) in [5.41, 5.74) is 0.785. The number of halogens is 1. The first-order valence-electron chi connectivity index (χ1n) is 6.24. The molecule has 0 unspecified atom stereocenters. The summed E-state index contributed by atoms with van der Waals surface area (Å²) in [6.45, 7) is 0.953. The molecule has 7 heteroatoms. The van der Waals surface area contributed by atoms with Gasteiger partial charge in [0, 0.05) is 30.2 Å². The Labute approximate surface area is 125 Å². The molecule has 0 spiro atoms. The zero-order chi connectivity index (χ0) is 14.4. The number of carbonyl (C=O) groups is 1. The standard InChI is InChI=1S/C13H16BrN5O/c1-19-9-16-18-12(19)6-7-15-8-13(20)17-11-4-2-10(14)3-5-11/h2-5,9,15H,6-8H2,1H3,(H,17,20). The van der Waals surface area contributed by atoms with Gasteiger partial charge >= 0.3 is 0 Å². The van der Waals surface area contributed by atoms with Gasteiger partial charge < -0.3 is 15.2 Å². The van der Waals surface area contributed by atoms with E-state index in [1.807, 2.05) is 35.9 Å². The predicted octanol–water partition coefficient (Wildman–Crippen LogP) is 1.35. The van der Waals surface area contributed by atoms with Crippen molar-refractivity contribution in [2.45, 2.75) is 6.42 Å². The van der Waals surface area contributed by atoms with Gasteiger partial charge in [-0.25, -0.2) is 0 Å². The molecule has 2 rings (SSSR count). The lowest BCUT2D eigenvalue weighted by Crippen LogP contribution is -2.29. The minimum absolute atomic E-state index is 0.0645. The summed E-state index contributed by atoms with van der Waals surface area (Å²) in [5, 5.41) is 13.7. The van der Waals surface area contributed by atoms with Crippen LogP contribution in [0, 0.1) is 0 Å². The molecule has 1 amide bonds. The number of anilines is 1. The zero-order valence-corrected chi connectivity index (χ0v) is 12.7. The highest BCUT2D eigenvalue weighted by Gasteiger charge is 2.03. The molecule has 1 aromatic carbocycles. The predicted molar refractivity (Wildman–Crippen MR) is 80.3 cm³/mol. The number of aromatic nitrogens is 3. The van der Waals surface area contributed by atoms with Gasteiger partial charge in [0.05, 0.1) is 6.54 Å². The zero-order valence-electron chi connectivity index (χ0n) is 11.1. The number of aryl methyl sites for hydroxylation is 1. The van der Waals surface area contributed by atoms with E-state index < -0.39 is 0 Å². The van der Waals surface area contributed by atoms with Crippen molar-refractivity contribution >= 4 is 27.5 Å². The van der Waals surface area contributed by atoms with Crippen LogP contribution in [-0.4, -0.2) is 33.8 Å². The number of carbonyl (C=O) groups excluding carboxylic acids is 1. The van der Waals surface area contributed by atoms with Crippen molar-refractivity contribution < 1.29 is 4.79 Å². The van der Waals surface area contributed by atoms with Crippen molar-refractivity contribution in [3.05, 3.63) is 40.9 Å². The topological polar surface area (TPSA) is 71.8 Å². The summed E-state index contributed by atoms with van der Waals surface area (Å²) in [4.78, 5) is 11.7. The second kappa shape index (κ2) is 7.16. The van der Waals surface area contributed by atoms with Crippen LogP contribution in [0.4, 0.5) is 5.69 Å². The number of rotatable bonds is 6. The van der Waals surface area contributed by atoms with E-state index in [9.17, 15) is 4.79 Å². The minimum Gasteiger partial charge on any atom is -0.325 e. The van der Waals surface area contributed by atoms with E-state index >= 15 is 0 Å². The second-order valence-electron chi connectivity index (χ2n) is 4.34. The van der Waals surface area contributed by atoms with Crippen LogP contribution in [0.5, 0.6) is 0 Å². The fourth-order valence-corrected chi connectivity index (χ4v) is 1.94. The van der Waals surface area contributed by atoms with E-state index in [1.54, 1.807) is 6.33 Å². The molecule has 0 bridgehead atoms. The smallest absolute Gasteiger partial charge is 0.238 e. The molecule has 0 aliphatic carbocycles. The lowest BCUT2D eigenvalue weighted by molar-refractivity contribution is -0.115. The summed E-state index contributed by atoms with van der Waals surface area (Å²) in [6, 6.07) is 7.47. The molecule has 0 aliphatic rings. The number of nitrogens with zero attached hydrogens (tertiary/aromatic N) is 3. The summed E-state index contributed by atoms with van der Waals surface area (Å²) in [5.74, 6) is 0.830. The third-order valence-electron chi connectivity index (χ3n) is 2.74. The monoisotopic (exact) mass is 337 g/mol.